The first-order valence-electron chi connectivity index (χ1n) is 5.22. The van der Waals surface area contributed by atoms with Crippen molar-refractivity contribution in [3.8, 4) is 0 Å². The van der Waals surface area contributed by atoms with Crippen molar-refractivity contribution in [2.45, 2.75) is 20.3 Å². The summed E-state index contributed by atoms with van der Waals surface area (Å²) in [6, 6.07) is 0. The Kier molecular flexibility index (Phi) is 7.25. The molecule has 0 aromatic heterocycles. The maximum absolute atomic E-state index is 11.3. The first kappa shape index (κ1) is 14.3. The number of amides is 1. The molecule has 0 radical (unpaired) electrons. The number of hydrogen-bond acceptors (Lipinski definition) is 3. The highest BCUT2D eigenvalue weighted by Gasteiger charge is 2.11. The first-order valence-corrected chi connectivity index (χ1v) is 5.62. The van der Waals surface area contributed by atoms with Crippen molar-refractivity contribution in [3.05, 3.63) is 0 Å². The van der Waals surface area contributed by atoms with E-state index in [0.717, 1.165) is 19.5 Å². The van der Waals surface area contributed by atoms with E-state index >= 15 is 0 Å². The summed E-state index contributed by atoms with van der Waals surface area (Å²) in [5.74, 6) is 0.193. The molecule has 0 bridgehead atoms. The fraction of sp³-hybridized carbons (Fsp3) is 0.800. The number of nitrogens with zero attached hydrogens (tertiary/aromatic N) is 1. The molecule has 0 saturated carbocycles. The number of nitrogens with two attached hydrogens (primary N) is 1. The Morgan fingerprint density at radius 3 is 2.67 bits per heavy atom. The molecule has 0 aliphatic heterocycles. The van der Waals surface area contributed by atoms with Crippen molar-refractivity contribution in [2.24, 2.45) is 11.7 Å². The fourth-order valence-electron chi connectivity index (χ4n) is 1.19. The molecule has 1 amide bonds. The molecule has 4 nitrogen and oxygen atoms in total. The maximum Gasteiger partial charge on any atom is 0.234 e. The van der Waals surface area contributed by atoms with E-state index < -0.39 is 0 Å². The highest BCUT2D eigenvalue weighted by Crippen LogP contribution is 1.97. The van der Waals surface area contributed by atoms with Gasteiger partial charge in [0.1, 0.15) is 0 Å². The number of likely N-dealkylation sites (N-methyl/N-ethyl adjacent to an activating group) is 1. The zero-order chi connectivity index (χ0) is 11.8. The SMILES string of the molecule is CCCNC(=O)CN(C)CC(C)C(N)=S. The van der Waals surface area contributed by atoms with E-state index in [9.17, 15) is 4.79 Å². The Balaban J connectivity index is 3.77. The number of carbonyl (C=O) groups excluding carboxylic acids is 1. The van der Waals surface area contributed by atoms with Crippen LogP contribution in [0, 0.1) is 5.92 Å². The molecule has 0 heterocycles. The number of thiocarbonyl (C=S) groups is 1. The summed E-state index contributed by atoms with van der Waals surface area (Å²) in [6.07, 6.45) is 0.957. The van der Waals surface area contributed by atoms with Crippen LogP contribution >= 0.6 is 12.2 Å². The molecule has 0 aliphatic rings. The lowest BCUT2D eigenvalue weighted by atomic mass is 10.2. The molecule has 1 unspecified atom stereocenters. The van der Waals surface area contributed by atoms with Crippen LogP contribution in [0.4, 0.5) is 0 Å². The summed E-state index contributed by atoms with van der Waals surface area (Å²) in [6.45, 7) is 5.83. The summed E-state index contributed by atoms with van der Waals surface area (Å²) in [5.41, 5.74) is 5.50. The minimum Gasteiger partial charge on any atom is -0.393 e. The zero-order valence-electron chi connectivity index (χ0n) is 9.75. The van der Waals surface area contributed by atoms with Gasteiger partial charge in [0.2, 0.25) is 5.91 Å². The lowest BCUT2D eigenvalue weighted by molar-refractivity contribution is -0.121. The molecule has 0 aromatic carbocycles. The van der Waals surface area contributed by atoms with Crippen LogP contribution in [0.15, 0.2) is 0 Å². The van der Waals surface area contributed by atoms with Crippen molar-refractivity contribution in [1.29, 1.82) is 0 Å². The average Bonchev–Trinajstić information content (AvgIpc) is 2.14. The first-order chi connectivity index (χ1) is 6.97. The third-order valence-electron chi connectivity index (χ3n) is 2.06. The van der Waals surface area contributed by atoms with E-state index in [1.54, 1.807) is 0 Å². The largest absolute Gasteiger partial charge is 0.393 e. The highest BCUT2D eigenvalue weighted by atomic mass is 32.1. The number of carbonyl (C=O) groups is 1. The zero-order valence-corrected chi connectivity index (χ0v) is 10.6. The smallest absolute Gasteiger partial charge is 0.234 e. The van der Waals surface area contributed by atoms with Crippen LogP contribution in [0.25, 0.3) is 0 Å². The molecule has 0 fully saturated rings. The van der Waals surface area contributed by atoms with Crippen molar-refractivity contribution >= 4 is 23.1 Å². The van der Waals surface area contributed by atoms with Crippen LogP contribution in [0.2, 0.25) is 0 Å². The van der Waals surface area contributed by atoms with E-state index in [0.29, 0.717) is 11.5 Å². The quantitative estimate of drug-likeness (QED) is 0.621. The van der Waals surface area contributed by atoms with Gasteiger partial charge in [-0.3, -0.25) is 9.69 Å². The van der Waals surface area contributed by atoms with Gasteiger partial charge >= 0.3 is 0 Å². The molecule has 3 N–H and O–H groups in total. The van der Waals surface area contributed by atoms with E-state index in [-0.39, 0.29) is 11.8 Å². The molecule has 1 atom stereocenters. The van der Waals surface area contributed by atoms with Crippen LogP contribution in [0.3, 0.4) is 0 Å². The Labute approximate surface area is 97.2 Å². The molecule has 0 saturated heterocycles. The van der Waals surface area contributed by atoms with Crippen LogP contribution in [0.5, 0.6) is 0 Å². The normalized spacial score (nSPS) is 12.5. The van der Waals surface area contributed by atoms with E-state index in [1.165, 1.54) is 0 Å². The van der Waals surface area contributed by atoms with Crippen molar-refractivity contribution in [3.63, 3.8) is 0 Å². The van der Waals surface area contributed by atoms with Crippen LogP contribution in [-0.2, 0) is 4.79 Å². The minimum absolute atomic E-state index is 0.0505. The van der Waals surface area contributed by atoms with Gasteiger partial charge in [-0.25, -0.2) is 0 Å². The Bertz CT molecular complexity index is 221. The average molecular weight is 231 g/mol. The minimum atomic E-state index is 0.0505. The summed E-state index contributed by atoms with van der Waals surface area (Å²) in [5, 5.41) is 2.82. The summed E-state index contributed by atoms with van der Waals surface area (Å²) in [7, 11) is 1.89. The molecule has 5 heteroatoms. The molecule has 0 aromatic rings. The standard InChI is InChI=1S/C10H21N3OS/c1-4-5-12-9(14)7-13(3)6-8(2)10(11)15/h8H,4-7H2,1-3H3,(H2,11,15)(H,12,14). The van der Waals surface area contributed by atoms with Gasteiger partial charge in [0.05, 0.1) is 11.5 Å². The van der Waals surface area contributed by atoms with Gasteiger partial charge < -0.3 is 11.1 Å². The highest BCUT2D eigenvalue weighted by molar-refractivity contribution is 7.80. The van der Waals surface area contributed by atoms with Gasteiger partial charge in [-0.2, -0.15) is 0 Å². The van der Waals surface area contributed by atoms with E-state index in [1.807, 2.05) is 25.8 Å². The van der Waals surface area contributed by atoms with Crippen molar-refractivity contribution < 1.29 is 4.79 Å². The van der Waals surface area contributed by atoms with Crippen LogP contribution < -0.4 is 11.1 Å². The summed E-state index contributed by atoms with van der Waals surface area (Å²) in [4.78, 5) is 13.8. The second kappa shape index (κ2) is 7.59. The van der Waals surface area contributed by atoms with Crippen LogP contribution in [0.1, 0.15) is 20.3 Å². The summed E-state index contributed by atoms with van der Waals surface area (Å²) >= 11 is 4.87. The predicted molar refractivity (Wildman–Crippen MR) is 66.7 cm³/mol. The third-order valence-corrected chi connectivity index (χ3v) is 2.46. The van der Waals surface area contributed by atoms with Crippen LogP contribution in [-0.4, -0.2) is 42.5 Å². The van der Waals surface area contributed by atoms with Gasteiger partial charge in [-0.05, 0) is 13.5 Å². The number of nitrogens with one attached hydrogen (secondary N) is 1. The van der Waals surface area contributed by atoms with E-state index in [4.69, 9.17) is 18.0 Å². The van der Waals surface area contributed by atoms with Gasteiger partial charge in [0, 0.05) is 19.0 Å². The monoisotopic (exact) mass is 231 g/mol. The Morgan fingerprint density at radius 1 is 1.60 bits per heavy atom. The molecule has 0 rings (SSSR count). The lowest BCUT2D eigenvalue weighted by Gasteiger charge is -2.19. The molecular formula is C10H21N3OS. The lowest BCUT2D eigenvalue weighted by Crippen LogP contribution is -2.39. The Morgan fingerprint density at radius 2 is 2.20 bits per heavy atom. The third kappa shape index (κ3) is 7.27. The Hall–Kier alpha value is -0.680. The second-order valence-electron chi connectivity index (χ2n) is 3.85. The molecule has 0 spiro atoms. The predicted octanol–water partition coefficient (Wildman–Crippen LogP) is 0.367. The number of rotatable bonds is 7. The maximum atomic E-state index is 11.3. The molecule has 15 heavy (non-hydrogen) atoms. The summed E-state index contributed by atoms with van der Waals surface area (Å²) < 4.78 is 0. The van der Waals surface area contributed by atoms with Gasteiger partial charge in [0.25, 0.3) is 0 Å². The topological polar surface area (TPSA) is 58.4 Å². The molecule has 0 aliphatic carbocycles. The fourth-order valence-corrected chi connectivity index (χ4v) is 1.26. The molecular weight excluding hydrogens is 210 g/mol. The number of hydrogen-bond donors (Lipinski definition) is 2. The second-order valence-corrected chi connectivity index (χ2v) is 4.32. The van der Waals surface area contributed by atoms with Crippen molar-refractivity contribution in [2.75, 3.05) is 26.7 Å². The van der Waals surface area contributed by atoms with Gasteiger partial charge in [-0.15, -0.1) is 0 Å². The molecule has 88 valence electrons. The van der Waals surface area contributed by atoms with Gasteiger partial charge in [0.15, 0.2) is 0 Å². The van der Waals surface area contributed by atoms with Crippen molar-refractivity contribution in [1.82, 2.24) is 10.2 Å². The van der Waals surface area contributed by atoms with Gasteiger partial charge in [-0.1, -0.05) is 26.1 Å². The van der Waals surface area contributed by atoms with E-state index in [2.05, 4.69) is 5.32 Å².